The van der Waals surface area contributed by atoms with Gasteiger partial charge in [0.25, 0.3) is 5.91 Å². The zero-order chi connectivity index (χ0) is 13.8. The molecule has 1 fully saturated rings. The molecule has 1 aromatic rings. The van der Waals surface area contributed by atoms with Crippen LogP contribution in [-0.4, -0.2) is 36.5 Å². The van der Waals surface area contributed by atoms with Crippen LogP contribution in [0.5, 0.6) is 0 Å². The Labute approximate surface area is 135 Å². The Morgan fingerprint density at radius 2 is 2.16 bits per heavy atom. The van der Waals surface area contributed by atoms with Crippen molar-refractivity contribution in [2.45, 2.75) is 32.2 Å². The van der Waals surface area contributed by atoms with E-state index in [4.69, 9.17) is 0 Å². The van der Waals surface area contributed by atoms with Crippen LogP contribution in [0.4, 0.5) is 0 Å². The summed E-state index contributed by atoms with van der Waals surface area (Å²) in [5.41, 5.74) is 0. The molecular weight excluding hydrogens is 392 g/mol. The van der Waals surface area contributed by atoms with E-state index in [1.165, 1.54) is 37.3 Å². The van der Waals surface area contributed by atoms with Gasteiger partial charge in [-0.25, -0.2) is 0 Å². The Hall–Kier alpha value is 0.0900. The Morgan fingerprint density at radius 3 is 2.68 bits per heavy atom. The SMILES string of the molecule is CCC(CNC(=O)c1cc(Br)c(Br)s1)N1CCCC1. The highest BCUT2D eigenvalue weighted by Gasteiger charge is 2.21. The molecule has 1 N–H and O–H groups in total. The van der Waals surface area contributed by atoms with Crippen molar-refractivity contribution in [3.8, 4) is 0 Å². The molecule has 1 unspecified atom stereocenters. The van der Waals surface area contributed by atoms with Crippen molar-refractivity contribution in [3.05, 3.63) is 19.2 Å². The number of thiophene rings is 1. The summed E-state index contributed by atoms with van der Waals surface area (Å²) in [6.07, 6.45) is 3.66. The molecule has 19 heavy (non-hydrogen) atoms. The number of hydrogen-bond acceptors (Lipinski definition) is 3. The Kier molecular flexibility index (Phi) is 5.87. The average Bonchev–Trinajstić information content (AvgIpc) is 3.01. The Bertz CT molecular complexity index is 424. The molecule has 3 nitrogen and oxygen atoms in total. The smallest absolute Gasteiger partial charge is 0.261 e. The van der Waals surface area contributed by atoms with Crippen LogP contribution in [-0.2, 0) is 0 Å². The topological polar surface area (TPSA) is 32.3 Å². The van der Waals surface area contributed by atoms with Crippen LogP contribution in [0.2, 0.25) is 0 Å². The summed E-state index contributed by atoms with van der Waals surface area (Å²) in [4.78, 5) is 15.3. The minimum absolute atomic E-state index is 0.0223. The lowest BCUT2D eigenvalue weighted by Gasteiger charge is -2.26. The fraction of sp³-hybridized carbons (Fsp3) is 0.615. The van der Waals surface area contributed by atoms with Crippen molar-refractivity contribution in [1.29, 1.82) is 0 Å². The number of amides is 1. The number of carbonyl (C=O) groups excluding carboxylic acids is 1. The van der Waals surface area contributed by atoms with Crippen LogP contribution in [0.15, 0.2) is 14.3 Å². The van der Waals surface area contributed by atoms with E-state index >= 15 is 0 Å². The van der Waals surface area contributed by atoms with Gasteiger partial charge < -0.3 is 5.32 Å². The average molecular weight is 410 g/mol. The van der Waals surface area contributed by atoms with E-state index in [0.29, 0.717) is 6.04 Å². The number of carbonyl (C=O) groups is 1. The third kappa shape index (κ3) is 4.03. The summed E-state index contributed by atoms with van der Waals surface area (Å²) in [6, 6.07) is 2.33. The van der Waals surface area contributed by atoms with Crippen molar-refractivity contribution in [2.24, 2.45) is 0 Å². The van der Waals surface area contributed by atoms with Crippen molar-refractivity contribution >= 4 is 49.1 Å². The second-order valence-electron chi connectivity index (χ2n) is 4.75. The molecule has 1 saturated heterocycles. The number of nitrogens with one attached hydrogen (secondary N) is 1. The minimum atomic E-state index is 0.0223. The van der Waals surface area contributed by atoms with Gasteiger partial charge >= 0.3 is 0 Å². The summed E-state index contributed by atoms with van der Waals surface area (Å²) in [7, 11) is 0. The van der Waals surface area contributed by atoms with E-state index in [9.17, 15) is 4.79 Å². The molecule has 2 heterocycles. The first-order valence-corrected chi connectivity index (χ1v) is 8.99. The van der Waals surface area contributed by atoms with Gasteiger partial charge in [0.15, 0.2) is 0 Å². The van der Waals surface area contributed by atoms with Gasteiger partial charge in [0.05, 0.1) is 8.66 Å². The lowest BCUT2D eigenvalue weighted by atomic mass is 10.2. The summed E-state index contributed by atoms with van der Waals surface area (Å²) in [6.45, 7) is 5.27. The van der Waals surface area contributed by atoms with Gasteiger partial charge in [-0.1, -0.05) is 6.92 Å². The van der Waals surface area contributed by atoms with E-state index in [1.807, 2.05) is 6.07 Å². The first kappa shape index (κ1) is 15.5. The van der Waals surface area contributed by atoms with Gasteiger partial charge in [0, 0.05) is 17.1 Å². The van der Waals surface area contributed by atoms with E-state index in [0.717, 1.165) is 26.1 Å². The van der Waals surface area contributed by atoms with Gasteiger partial charge in [-0.2, -0.15) is 0 Å². The maximum absolute atomic E-state index is 12.1. The van der Waals surface area contributed by atoms with Crippen molar-refractivity contribution in [1.82, 2.24) is 10.2 Å². The van der Waals surface area contributed by atoms with Gasteiger partial charge in [-0.15, -0.1) is 11.3 Å². The second-order valence-corrected chi connectivity index (χ2v) is 7.97. The van der Waals surface area contributed by atoms with E-state index in [-0.39, 0.29) is 5.91 Å². The molecule has 106 valence electrons. The van der Waals surface area contributed by atoms with Crippen LogP contribution >= 0.6 is 43.2 Å². The summed E-state index contributed by atoms with van der Waals surface area (Å²) < 4.78 is 1.90. The highest BCUT2D eigenvalue weighted by atomic mass is 79.9. The predicted octanol–water partition coefficient (Wildman–Crippen LogP) is 3.88. The monoisotopic (exact) mass is 408 g/mol. The molecule has 0 bridgehead atoms. The molecule has 1 aromatic heterocycles. The molecule has 1 amide bonds. The van der Waals surface area contributed by atoms with Crippen molar-refractivity contribution in [3.63, 3.8) is 0 Å². The molecule has 2 rings (SSSR count). The number of halogens is 2. The second kappa shape index (κ2) is 7.20. The molecule has 0 spiro atoms. The first-order chi connectivity index (χ1) is 9.11. The zero-order valence-electron chi connectivity index (χ0n) is 10.9. The number of nitrogens with zero attached hydrogens (tertiary/aromatic N) is 1. The van der Waals surface area contributed by atoms with Gasteiger partial charge in [0.1, 0.15) is 0 Å². The van der Waals surface area contributed by atoms with Crippen LogP contribution in [0.1, 0.15) is 35.9 Å². The summed E-state index contributed by atoms with van der Waals surface area (Å²) in [5, 5.41) is 3.06. The minimum Gasteiger partial charge on any atom is -0.350 e. The molecule has 1 atom stereocenters. The normalized spacial score (nSPS) is 17.6. The first-order valence-electron chi connectivity index (χ1n) is 6.59. The molecule has 0 aromatic carbocycles. The van der Waals surface area contributed by atoms with Crippen LogP contribution in [0, 0.1) is 0 Å². The Balaban J connectivity index is 1.88. The fourth-order valence-corrected chi connectivity index (χ4v) is 4.35. The van der Waals surface area contributed by atoms with E-state index < -0.39 is 0 Å². The van der Waals surface area contributed by atoms with Gasteiger partial charge in [0.2, 0.25) is 0 Å². The predicted molar refractivity (Wildman–Crippen MR) is 86.9 cm³/mol. The van der Waals surface area contributed by atoms with E-state index in [1.54, 1.807) is 0 Å². The highest BCUT2D eigenvalue weighted by molar-refractivity contribution is 9.13. The van der Waals surface area contributed by atoms with Gasteiger partial charge in [-0.3, -0.25) is 9.69 Å². The number of likely N-dealkylation sites (tertiary alicyclic amines) is 1. The van der Waals surface area contributed by atoms with Gasteiger partial charge in [-0.05, 0) is 70.3 Å². The molecule has 0 saturated carbocycles. The lowest BCUT2D eigenvalue weighted by Crippen LogP contribution is -2.42. The third-order valence-electron chi connectivity index (χ3n) is 3.50. The summed E-state index contributed by atoms with van der Waals surface area (Å²) in [5.74, 6) is 0.0223. The third-order valence-corrected chi connectivity index (χ3v) is 6.75. The number of rotatable bonds is 5. The fourth-order valence-electron chi connectivity index (χ4n) is 2.39. The van der Waals surface area contributed by atoms with E-state index in [2.05, 4.69) is 49.0 Å². The highest BCUT2D eigenvalue weighted by Crippen LogP contribution is 2.32. The maximum atomic E-state index is 12.1. The van der Waals surface area contributed by atoms with Crippen molar-refractivity contribution < 1.29 is 4.79 Å². The quantitative estimate of drug-likeness (QED) is 0.800. The molecular formula is C13H18Br2N2OS. The zero-order valence-corrected chi connectivity index (χ0v) is 14.9. The molecule has 1 aliphatic heterocycles. The summed E-state index contributed by atoms with van der Waals surface area (Å²) >= 11 is 8.28. The molecule has 0 aliphatic carbocycles. The standard InChI is InChI=1S/C13H18Br2N2OS/c1-2-9(17-5-3-4-6-17)8-16-13(18)11-7-10(14)12(15)19-11/h7,9H,2-6,8H2,1H3,(H,16,18). The maximum Gasteiger partial charge on any atom is 0.261 e. The van der Waals surface area contributed by atoms with Crippen molar-refractivity contribution in [2.75, 3.05) is 19.6 Å². The Morgan fingerprint density at radius 1 is 1.47 bits per heavy atom. The van der Waals surface area contributed by atoms with Crippen LogP contribution in [0.3, 0.4) is 0 Å². The largest absolute Gasteiger partial charge is 0.350 e. The lowest BCUT2D eigenvalue weighted by molar-refractivity contribution is 0.0941. The number of hydrogen-bond donors (Lipinski definition) is 1. The molecule has 6 heteroatoms. The van der Waals surface area contributed by atoms with Crippen LogP contribution < -0.4 is 5.32 Å². The molecule has 1 aliphatic rings. The van der Waals surface area contributed by atoms with Crippen LogP contribution in [0.25, 0.3) is 0 Å². The molecule has 0 radical (unpaired) electrons.